The highest BCUT2D eigenvalue weighted by Gasteiger charge is 2.15. The third-order valence-electron chi connectivity index (χ3n) is 2.59. The van der Waals surface area contributed by atoms with Gasteiger partial charge in [-0.05, 0) is 35.4 Å². The van der Waals surface area contributed by atoms with Crippen molar-refractivity contribution < 1.29 is 4.74 Å². The Balaban J connectivity index is 3.12. The highest BCUT2D eigenvalue weighted by molar-refractivity contribution is 14.1. The van der Waals surface area contributed by atoms with Crippen LogP contribution in [0.1, 0.15) is 44.1 Å². The largest absolute Gasteiger partial charge is 0.383 e. The van der Waals surface area contributed by atoms with E-state index in [-0.39, 0.29) is 0 Å². The van der Waals surface area contributed by atoms with Crippen molar-refractivity contribution in [1.29, 1.82) is 0 Å². The molecule has 1 rings (SSSR count). The summed E-state index contributed by atoms with van der Waals surface area (Å²) in [6.45, 7) is 4.77. The monoisotopic (exact) mass is 335 g/mol. The Morgan fingerprint density at radius 1 is 1.31 bits per heavy atom. The van der Waals surface area contributed by atoms with E-state index in [9.17, 15) is 0 Å². The maximum absolute atomic E-state index is 5.88. The fourth-order valence-corrected chi connectivity index (χ4v) is 2.00. The Kier molecular flexibility index (Phi) is 5.40. The van der Waals surface area contributed by atoms with Crippen LogP contribution in [0.2, 0.25) is 0 Å². The van der Waals surface area contributed by atoms with Crippen molar-refractivity contribution in [3.8, 4) is 0 Å². The van der Waals surface area contributed by atoms with Crippen molar-refractivity contribution in [2.45, 2.75) is 39.2 Å². The molecule has 2 N–H and O–H groups in total. The maximum Gasteiger partial charge on any atom is 0.141 e. The molecule has 0 spiro atoms. The van der Waals surface area contributed by atoms with Gasteiger partial charge in [-0.3, -0.25) is 0 Å². The summed E-state index contributed by atoms with van der Waals surface area (Å²) in [6.07, 6.45) is 2.06. The van der Waals surface area contributed by atoms with E-state index < -0.39 is 0 Å². The number of ether oxygens (including phenoxy) is 1. The number of anilines is 1. The number of halogens is 1. The zero-order valence-electron chi connectivity index (χ0n) is 9.96. The van der Waals surface area contributed by atoms with Crippen LogP contribution in [0.3, 0.4) is 0 Å². The molecule has 0 aliphatic carbocycles. The highest BCUT2D eigenvalue weighted by atomic mass is 127. The number of hydrogen-bond acceptors (Lipinski definition) is 4. The first kappa shape index (κ1) is 13.6. The van der Waals surface area contributed by atoms with Gasteiger partial charge in [0.15, 0.2) is 0 Å². The minimum Gasteiger partial charge on any atom is -0.383 e. The van der Waals surface area contributed by atoms with Crippen LogP contribution in [0.4, 0.5) is 5.82 Å². The SMILES string of the molecule is CCC(CC)c1nc(N)c(I)c(COC)n1. The average molecular weight is 335 g/mol. The van der Waals surface area contributed by atoms with Gasteiger partial charge in [0.05, 0.1) is 15.9 Å². The van der Waals surface area contributed by atoms with Gasteiger partial charge >= 0.3 is 0 Å². The molecule has 4 nitrogen and oxygen atoms in total. The third kappa shape index (κ3) is 3.04. The molecule has 1 aromatic heterocycles. The first-order valence-corrected chi connectivity index (χ1v) is 6.52. The summed E-state index contributed by atoms with van der Waals surface area (Å²) < 4.78 is 6.01. The van der Waals surface area contributed by atoms with Crippen LogP contribution in [0, 0.1) is 3.57 Å². The van der Waals surface area contributed by atoms with Crippen LogP contribution in [-0.2, 0) is 11.3 Å². The lowest BCUT2D eigenvalue weighted by Crippen LogP contribution is -2.11. The van der Waals surface area contributed by atoms with Crippen LogP contribution in [0.25, 0.3) is 0 Å². The number of rotatable bonds is 5. The Morgan fingerprint density at radius 3 is 2.44 bits per heavy atom. The summed E-state index contributed by atoms with van der Waals surface area (Å²) >= 11 is 2.16. The van der Waals surface area contributed by atoms with Gasteiger partial charge in [-0.25, -0.2) is 9.97 Å². The topological polar surface area (TPSA) is 61.0 Å². The maximum atomic E-state index is 5.88. The Morgan fingerprint density at radius 2 is 1.94 bits per heavy atom. The number of nitrogens with two attached hydrogens (primary N) is 1. The normalized spacial score (nSPS) is 11.1. The van der Waals surface area contributed by atoms with Gasteiger partial charge in [-0.2, -0.15) is 0 Å². The van der Waals surface area contributed by atoms with Crippen molar-refractivity contribution in [2.75, 3.05) is 12.8 Å². The average Bonchev–Trinajstić information content (AvgIpc) is 2.27. The van der Waals surface area contributed by atoms with Gasteiger partial charge < -0.3 is 10.5 Å². The van der Waals surface area contributed by atoms with Crippen LogP contribution in [0.5, 0.6) is 0 Å². The van der Waals surface area contributed by atoms with Crippen LogP contribution in [0.15, 0.2) is 0 Å². The molecule has 0 aromatic carbocycles. The lowest BCUT2D eigenvalue weighted by molar-refractivity contribution is 0.180. The molecule has 0 aliphatic rings. The van der Waals surface area contributed by atoms with Crippen molar-refractivity contribution in [1.82, 2.24) is 9.97 Å². The Hall–Kier alpha value is -0.430. The van der Waals surface area contributed by atoms with Gasteiger partial charge in [-0.1, -0.05) is 13.8 Å². The molecule has 0 amide bonds. The van der Waals surface area contributed by atoms with E-state index in [1.54, 1.807) is 7.11 Å². The van der Waals surface area contributed by atoms with E-state index in [4.69, 9.17) is 10.5 Å². The molecule has 0 bridgehead atoms. The van der Waals surface area contributed by atoms with Crippen LogP contribution >= 0.6 is 22.6 Å². The predicted molar refractivity (Wildman–Crippen MR) is 73.2 cm³/mol. The molecule has 0 atom stereocenters. The summed E-state index contributed by atoms with van der Waals surface area (Å²) in [5, 5.41) is 0. The summed E-state index contributed by atoms with van der Waals surface area (Å²) in [5.41, 5.74) is 6.77. The standard InChI is InChI=1S/C11H18IN3O/c1-4-7(5-2)11-14-8(6-16-3)9(12)10(13)15-11/h7H,4-6H2,1-3H3,(H2,13,14,15). The Bertz CT molecular complexity index is 353. The third-order valence-corrected chi connectivity index (χ3v) is 3.77. The van der Waals surface area contributed by atoms with Crippen molar-refractivity contribution in [3.63, 3.8) is 0 Å². The number of nitrogens with zero attached hydrogens (tertiary/aromatic N) is 2. The van der Waals surface area contributed by atoms with Crippen LogP contribution in [-0.4, -0.2) is 17.1 Å². The van der Waals surface area contributed by atoms with Gasteiger partial charge in [-0.15, -0.1) is 0 Å². The number of hydrogen-bond donors (Lipinski definition) is 1. The molecule has 90 valence electrons. The molecule has 0 saturated heterocycles. The highest BCUT2D eigenvalue weighted by Crippen LogP contribution is 2.24. The lowest BCUT2D eigenvalue weighted by atomic mass is 10.0. The van der Waals surface area contributed by atoms with Crippen LogP contribution < -0.4 is 5.73 Å². The second kappa shape index (κ2) is 6.34. The molecule has 0 radical (unpaired) electrons. The van der Waals surface area contributed by atoms with Crippen molar-refractivity contribution in [2.24, 2.45) is 0 Å². The second-order valence-electron chi connectivity index (χ2n) is 3.67. The van der Waals surface area contributed by atoms with Crippen molar-refractivity contribution in [3.05, 3.63) is 15.1 Å². The predicted octanol–water partition coefficient (Wildman–Crippen LogP) is 2.71. The molecule has 0 aliphatic heterocycles. The lowest BCUT2D eigenvalue weighted by Gasteiger charge is -2.14. The Labute approximate surface area is 110 Å². The zero-order valence-corrected chi connectivity index (χ0v) is 12.1. The minimum atomic E-state index is 0.384. The molecule has 0 unspecified atom stereocenters. The summed E-state index contributed by atoms with van der Waals surface area (Å²) in [7, 11) is 1.66. The van der Waals surface area contributed by atoms with Gasteiger partial charge in [0.25, 0.3) is 0 Å². The quantitative estimate of drug-likeness (QED) is 0.841. The van der Waals surface area contributed by atoms with E-state index in [1.807, 2.05) is 0 Å². The molecule has 0 fully saturated rings. The van der Waals surface area contributed by atoms with E-state index in [1.165, 1.54) is 0 Å². The summed E-state index contributed by atoms with van der Waals surface area (Å²) in [6, 6.07) is 0. The molecule has 1 aromatic rings. The van der Waals surface area contributed by atoms with E-state index in [0.717, 1.165) is 27.9 Å². The smallest absolute Gasteiger partial charge is 0.141 e. The first-order valence-electron chi connectivity index (χ1n) is 5.44. The number of nitrogen functional groups attached to an aromatic ring is 1. The minimum absolute atomic E-state index is 0.384. The van der Waals surface area contributed by atoms with E-state index >= 15 is 0 Å². The molecular formula is C11H18IN3O. The molecule has 0 saturated carbocycles. The molecule has 16 heavy (non-hydrogen) atoms. The first-order chi connectivity index (χ1) is 7.63. The number of methoxy groups -OCH3 is 1. The van der Waals surface area contributed by atoms with Gasteiger partial charge in [0.2, 0.25) is 0 Å². The summed E-state index contributed by atoms with van der Waals surface area (Å²) in [5.74, 6) is 1.79. The zero-order chi connectivity index (χ0) is 12.1. The molecular weight excluding hydrogens is 317 g/mol. The number of aromatic nitrogens is 2. The fraction of sp³-hybridized carbons (Fsp3) is 0.636. The molecule has 1 heterocycles. The van der Waals surface area contributed by atoms with Gasteiger partial charge in [0.1, 0.15) is 11.6 Å². The van der Waals surface area contributed by atoms with Gasteiger partial charge in [0, 0.05) is 13.0 Å². The fourth-order valence-electron chi connectivity index (χ4n) is 1.60. The summed E-state index contributed by atoms with van der Waals surface area (Å²) in [4.78, 5) is 8.90. The van der Waals surface area contributed by atoms with Crippen molar-refractivity contribution >= 4 is 28.4 Å². The van der Waals surface area contributed by atoms with E-state index in [0.29, 0.717) is 18.3 Å². The second-order valence-corrected chi connectivity index (χ2v) is 4.75. The molecule has 5 heteroatoms. The van der Waals surface area contributed by atoms with E-state index in [2.05, 4.69) is 46.4 Å².